The van der Waals surface area contributed by atoms with E-state index in [-0.39, 0.29) is 11.8 Å². The fourth-order valence-corrected chi connectivity index (χ4v) is 4.50. The molecule has 0 radical (unpaired) electrons. The number of rotatable bonds is 11. The first-order valence-corrected chi connectivity index (χ1v) is 12.2. The lowest BCUT2D eigenvalue weighted by atomic mass is 10.1. The second-order valence-corrected chi connectivity index (χ2v) is 9.31. The van der Waals surface area contributed by atoms with E-state index in [0.717, 1.165) is 29.4 Å². The first-order valence-electron chi connectivity index (χ1n) is 10.5. The molecule has 2 aromatic carbocycles. The Balaban J connectivity index is 2.04. The molecule has 8 heteroatoms. The molecular weight excluding hydrogens is 412 g/mol. The number of likely N-dealkylation sites (N-methyl/N-ethyl adjacent to an activating group) is 1. The van der Waals surface area contributed by atoms with Gasteiger partial charge in [-0.3, -0.25) is 0 Å². The van der Waals surface area contributed by atoms with Crippen LogP contribution in [0.15, 0.2) is 59.6 Å². The third-order valence-electron chi connectivity index (χ3n) is 4.41. The van der Waals surface area contributed by atoms with E-state index < -0.39 is 10.0 Å². The van der Waals surface area contributed by atoms with E-state index in [1.165, 1.54) is 0 Å². The summed E-state index contributed by atoms with van der Waals surface area (Å²) in [6.45, 7) is 7.95. The number of nitrogens with one attached hydrogen (secondary N) is 2. The zero-order chi connectivity index (χ0) is 22.7. The van der Waals surface area contributed by atoms with Gasteiger partial charge in [-0.25, -0.2) is 18.1 Å². The minimum atomic E-state index is -3.40. The minimum Gasteiger partial charge on any atom is -0.492 e. The molecule has 0 aliphatic heterocycles. The number of hydrogen-bond donors (Lipinski definition) is 2. The van der Waals surface area contributed by atoms with Crippen LogP contribution in [0.5, 0.6) is 5.75 Å². The van der Waals surface area contributed by atoms with Gasteiger partial charge in [0.25, 0.3) is 0 Å². The van der Waals surface area contributed by atoms with E-state index in [1.807, 2.05) is 87.3 Å². The van der Waals surface area contributed by atoms with E-state index >= 15 is 0 Å². The van der Waals surface area contributed by atoms with Gasteiger partial charge >= 0.3 is 0 Å². The quantitative estimate of drug-likeness (QED) is 0.410. The zero-order valence-electron chi connectivity index (χ0n) is 18.8. The molecule has 0 aromatic heterocycles. The Kier molecular flexibility index (Phi) is 9.81. The minimum absolute atomic E-state index is 0.0613. The molecule has 7 nitrogen and oxygen atoms in total. The summed E-state index contributed by atoms with van der Waals surface area (Å²) in [7, 11) is -1.44. The molecule has 0 atom stereocenters. The van der Waals surface area contributed by atoms with E-state index in [0.29, 0.717) is 19.7 Å². The topological polar surface area (TPSA) is 83.0 Å². The standard InChI is InChI=1S/C23H34N4O3S/c1-5-24-23(27(4)15-16-30-22-13-7-6-8-14-22)25-17-20-11-9-10-12-21(20)18-31(28,29)26-19(2)3/h6-14,19,26H,5,15-18H2,1-4H3,(H,24,25). The number of para-hydroxylation sites is 1. The summed E-state index contributed by atoms with van der Waals surface area (Å²) in [4.78, 5) is 6.73. The molecule has 0 spiro atoms. The smallest absolute Gasteiger partial charge is 0.216 e. The van der Waals surface area contributed by atoms with Crippen LogP contribution < -0.4 is 14.8 Å². The van der Waals surface area contributed by atoms with Crippen LogP contribution in [-0.4, -0.2) is 52.1 Å². The molecule has 0 aliphatic carbocycles. The lowest BCUT2D eigenvalue weighted by Crippen LogP contribution is -2.40. The van der Waals surface area contributed by atoms with Gasteiger partial charge < -0.3 is 15.0 Å². The number of benzene rings is 2. The van der Waals surface area contributed by atoms with Crippen LogP contribution in [-0.2, 0) is 22.3 Å². The van der Waals surface area contributed by atoms with Crippen molar-refractivity contribution in [1.29, 1.82) is 0 Å². The second kappa shape index (κ2) is 12.3. The fraction of sp³-hybridized carbons (Fsp3) is 0.435. The van der Waals surface area contributed by atoms with Crippen molar-refractivity contribution in [3.05, 3.63) is 65.7 Å². The molecule has 0 fully saturated rings. The molecule has 0 saturated heterocycles. The number of guanidine groups is 1. The van der Waals surface area contributed by atoms with Crippen LogP contribution in [0.4, 0.5) is 0 Å². The summed E-state index contributed by atoms with van der Waals surface area (Å²) in [5.41, 5.74) is 1.64. The molecule has 2 aromatic rings. The van der Waals surface area contributed by atoms with Crippen molar-refractivity contribution in [3.8, 4) is 5.75 Å². The lowest BCUT2D eigenvalue weighted by molar-refractivity contribution is 0.281. The summed E-state index contributed by atoms with van der Waals surface area (Å²) in [5.74, 6) is 1.52. The second-order valence-electron chi connectivity index (χ2n) is 7.55. The zero-order valence-corrected chi connectivity index (χ0v) is 19.7. The van der Waals surface area contributed by atoms with E-state index in [4.69, 9.17) is 9.73 Å². The van der Waals surface area contributed by atoms with Gasteiger partial charge in [0.2, 0.25) is 10.0 Å². The van der Waals surface area contributed by atoms with E-state index in [1.54, 1.807) is 0 Å². The summed E-state index contributed by atoms with van der Waals surface area (Å²) in [5, 5.41) is 3.28. The average molecular weight is 447 g/mol. The monoisotopic (exact) mass is 446 g/mol. The van der Waals surface area contributed by atoms with Crippen LogP contribution in [0.2, 0.25) is 0 Å². The normalized spacial score (nSPS) is 12.1. The highest BCUT2D eigenvalue weighted by atomic mass is 32.2. The van der Waals surface area contributed by atoms with Crippen molar-refractivity contribution in [1.82, 2.24) is 14.9 Å². The summed E-state index contributed by atoms with van der Waals surface area (Å²) >= 11 is 0. The number of aliphatic imine (C=N–C) groups is 1. The highest BCUT2D eigenvalue weighted by Crippen LogP contribution is 2.14. The summed E-state index contributed by atoms with van der Waals surface area (Å²) in [6, 6.07) is 17.1. The van der Waals surface area contributed by atoms with Crippen LogP contribution >= 0.6 is 0 Å². The average Bonchev–Trinajstić information content (AvgIpc) is 2.71. The van der Waals surface area contributed by atoms with Gasteiger partial charge in [-0.1, -0.05) is 42.5 Å². The highest BCUT2D eigenvalue weighted by molar-refractivity contribution is 7.88. The van der Waals surface area contributed by atoms with Crippen LogP contribution in [0.3, 0.4) is 0 Å². The SMILES string of the molecule is CCNC(=NCc1ccccc1CS(=O)(=O)NC(C)C)N(C)CCOc1ccccc1. The Morgan fingerprint density at radius 3 is 2.35 bits per heavy atom. The Hall–Kier alpha value is -2.58. The molecule has 0 unspecified atom stereocenters. The summed E-state index contributed by atoms with van der Waals surface area (Å²) < 4.78 is 33.1. The number of sulfonamides is 1. The van der Waals surface area contributed by atoms with Crippen molar-refractivity contribution in [3.63, 3.8) is 0 Å². The van der Waals surface area contributed by atoms with Crippen molar-refractivity contribution in [2.24, 2.45) is 4.99 Å². The first kappa shape index (κ1) is 24.7. The molecule has 0 amide bonds. The lowest BCUT2D eigenvalue weighted by Gasteiger charge is -2.22. The maximum Gasteiger partial charge on any atom is 0.216 e. The first-order chi connectivity index (χ1) is 14.8. The molecule has 2 rings (SSSR count). The predicted octanol–water partition coefficient (Wildman–Crippen LogP) is 2.99. The molecule has 0 aliphatic rings. The van der Waals surface area contributed by atoms with Crippen molar-refractivity contribution in [2.45, 2.75) is 39.1 Å². The summed E-state index contributed by atoms with van der Waals surface area (Å²) in [6.07, 6.45) is 0. The highest BCUT2D eigenvalue weighted by Gasteiger charge is 2.15. The molecule has 0 bridgehead atoms. The van der Waals surface area contributed by atoms with Crippen molar-refractivity contribution in [2.75, 3.05) is 26.7 Å². The Bertz CT molecular complexity index is 931. The molecule has 31 heavy (non-hydrogen) atoms. The van der Waals surface area contributed by atoms with Gasteiger partial charge in [-0.15, -0.1) is 0 Å². The Morgan fingerprint density at radius 1 is 1.06 bits per heavy atom. The van der Waals surface area contributed by atoms with Gasteiger partial charge in [0, 0.05) is 19.6 Å². The van der Waals surface area contributed by atoms with Crippen LogP contribution in [0.25, 0.3) is 0 Å². The third-order valence-corrected chi connectivity index (χ3v) is 5.93. The number of nitrogens with zero attached hydrogens (tertiary/aromatic N) is 2. The molecule has 0 heterocycles. The number of ether oxygens (including phenoxy) is 1. The Morgan fingerprint density at radius 2 is 1.71 bits per heavy atom. The Labute approximate surface area is 186 Å². The van der Waals surface area contributed by atoms with E-state index in [9.17, 15) is 8.42 Å². The molecular formula is C23H34N4O3S. The third kappa shape index (κ3) is 8.98. The van der Waals surface area contributed by atoms with Gasteiger partial charge in [0.05, 0.1) is 18.8 Å². The van der Waals surface area contributed by atoms with Gasteiger partial charge in [0.15, 0.2) is 5.96 Å². The molecule has 0 saturated carbocycles. The maximum absolute atomic E-state index is 12.4. The molecule has 170 valence electrons. The predicted molar refractivity (Wildman–Crippen MR) is 127 cm³/mol. The van der Waals surface area contributed by atoms with Crippen LogP contribution in [0.1, 0.15) is 31.9 Å². The van der Waals surface area contributed by atoms with E-state index in [2.05, 4.69) is 10.0 Å². The number of hydrogen-bond acceptors (Lipinski definition) is 4. The molecule has 2 N–H and O–H groups in total. The van der Waals surface area contributed by atoms with Crippen LogP contribution in [0, 0.1) is 0 Å². The van der Waals surface area contributed by atoms with Crippen molar-refractivity contribution >= 4 is 16.0 Å². The maximum atomic E-state index is 12.4. The van der Waals surface area contributed by atoms with Gasteiger partial charge in [-0.2, -0.15) is 0 Å². The largest absolute Gasteiger partial charge is 0.492 e. The van der Waals surface area contributed by atoms with Gasteiger partial charge in [0.1, 0.15) is 12.4 Å². The van der Waals surface area contributed by atoms with Gasteiger partial charge in [-0.05, 0) is 44.0 Å². The van der Waals surface area contributed by atoms with Crippen molar-refractivity contribution < 1.29 is 13.2 Å². The fourth-order valence-electron chi connectivity index (χ4n) is 3.01.